The average Bonchev–Trinajstić information content (AvgIpc) is 2.66. The maximum atomic E-state index is 10.5. The summed E-state index contributed by atoms with van der Waals surface area (Å²) < 4.78 is 6.77. The fraction of sp³-hybridized carbons (Fsp3) is 0.750. The van der Waals surface area contributed by atoms with Crippen molar-refractivity contribution in [2.45, 2.75) is 25.5 Å². The zero-order chi connectivity index (χ0) is 13.8. The second-order valence-electron chi connectivity index (χ2n) is 4.88. The highest BCUT2D eigenvalue weighted by Crippen LogP contribution is 2.30. The minimum absolute atomic E-state index is 0.474. The fourth-order valence-corrected chi connectivity index (χ4v) is 2.13. The van der Waals surface area contributed by atoms with E-state index in [1.54, 1.807) is 24.9 Å². The first-order valence-corrected chi connectivity index (χ1v) is 6.34. The standard InChI is InChI=1S/C12H22ClN3O2/c1-12(17,5-8-18-4)11-10(13)9-14-16(11)7-6-15(2)3/h9,17H,5-8H2,1-4H3. The van der Waals surface area contributed by atoms with Gasteiger partial charge in [0.2, 0.25) is 0 Å². The molecule has 0 aliphatic heterocycles. The number of hydrogen-bond donors (Lipinski definition) is 1. The van der Waals surface area contributed by atoms with E-state index in [-0.39, 0.29) is 0 Å². The van der Waals surface area contributed by atoms with E-state index >= 15 is 0 Å². The Bertz CT molecular complexity index is 377. The molecule has 0 spiro atoms. The smallest absolute Gasteiger partial charge is 0.107 e. The summed E-state index contributed by atoms with van der Waals surface area (Å²) >= 11 is 6.13. The molecule has 1 rings (SSSR count). The summed E-state index contributed by atoms with van der Waals surface area (Å²) in [6, 6.07) is 0. The summed E-state index contributed by atoms with van der Waals surface area (Å²) in [5.41, 5.74) is -0.376. The van der Waals surface area contributed by atoms with E-state index in [4.69, 9.17) is 16.3 Å². The maximum Gasteiger partial charge on any atom is 0.107 e. The van der Waals surface area contributed by atoms with Crippen molar-refractivity contribution in [3.63, 3.8) is 0 Å². The molecule has 1 aromatic rings. The van der Waals surface area contributed by atoms with Crippen LogP contribution in [0.15, 0.2) is 6.20 Å². The van der Waals surface area contributed by atoms with Crippen molar-refractivity contribution in [3.05, 3.63) is 16.9 Å². The molecule has 0 aromatic carbocycles. The molecule has 104 valence electrons. The first-order valence-electron chi connectivity index (χ1n) is 5.96. The van der Waals surface area contributed by atoms with Crippen LogP contribution in [0.2, 0.25) is 5.02 Å². The van der Waals surface area contributed by atoms with Crippen LogP contribution in [0.4, 0.5) is 0 Å². The number of halogens is 1. The van der Waals surface area contributed by atoms with Crippen molar-refractivity contribution < 1.29 is 9.84 Å². The minimum atomic E-state index is -1.03. The highest BCUT2D eigenvalue weighted by atomic mass is 35.5. The van der Waals surface area contributed by atoms with Gasteiger partial charge in [0, 0.05) is 26.7 Å². The molecule has 0 amide bonds. The van der Waals surface area contributed by atoms with Crippen LogP contribution >= 0.6 is 11.6 Å². The van der Waals surface area contributed by atoms with Gasteiger partial charge in [0.1, 0.15) is 5.60 Å². The molecular weight excluding hydrogens is 254 g/mol. The first kappa shape index (κ1) is 15.4. The fourth-order valence-electron chi connectivity index (χ4n) is 1.78. The highest BCUT2D eigenvalue weighted by Gasteiger charge is 2.30. The largest absolute Gasteiger partial charge is 0.385 e. The Morgan fingerprint density at radius 1 is 1.56 bits per heavy atom. The number of ether oxygens (including phenoxy) is 1. The first-order chi connectivity index (χ1) is 8.38. The zero-order valence-electron chi connectivity index (χ0n) is 11.5. The van der Waals surface area contributed by atoms with Gasteiger partial charge in [-0.1, -0.05) is 11.6 Å². The van der Waals surface area contributed by atoms with Gasteiger partial charge in [-0.2, -0.15) is 5.10 Å². The van der Waals surface area contributed by atoms with Crippen LogP contribution in [0.3, 0.4) is 0 Å². The molecule has 5 nitrogen and oxygen atoms in total. The van der Waals surface area contributed by atoms with Gasteiger partial charge in [0.05, 0.1) is 23.5 Å². The summed E-state index contributed by atoms with van der Waals surface area (Å²) in [6.07, 6.45) is 2.06. The average molecular weight is 276 g/mol. The van der Waals surface area contributed by atoms with Crippen molar-refractivity contribution in [1.29, 1.82) is 0 Å². The second kappa shape index (κ2) is 6.52. The number of rotatable bonds is 7. The predicted octanol–water partition coefficient (Wildman–Crippen LogP) is 1.34. The summed E-state index contributed by atoms with van der Waals surface area (Å²) in [6.45, 7) is 3.74. The number of aromatic nitrogens is 2. The molecule has 1 N–H and O–H groups in total. The number of hydrogen-bond acceptors (Lipinski definition) is 4. The molecule has 0 bridgehead atoms. The Kier molecular flexibility index (Phi) is 5.59. The molecular formula is C12H22ClN3O2. The molecule has 0 saturated carbocycles. The van der Waals surface area contributed by atoms with Crippen molar-refractivity contribution in [1.82, 2.24) is 14.7 Å². The van der Waals surface area contributed by atoms with E-state index < -0.39 is 5.60 Å². The van der Waals surface area contributed by atoms with Crippen LogP contribution in [-0.2, 0) is 16.9 Å². The van der Waals surface area contributed by atoms with Gasteiger partial charge in [-0.15, -0.1) is 0 Å². The Morgan fingerprint density at radius 2 is 2.22 bits per heavy atom. The zero-order valence-corrected chi connectivity index (χ0v) is 12.2. The van der Waals surface area contributed by atoms with Crippen LogP contribution in [-0.4, -0.2) is 54.1 Å². The third-order valence-corrected chi connectivity index (χ3v) is 3.13. The van der Waals surface area contributed by atoms with Gasteiger partial charge in [-0.3, -0.25) is 4.68 Å². The maximum absolute atomic E-state index is 10.5. The van der Waals surface area contributed by atoms with Crippen molar-refractivity contribution >= 4 is 11.6 Å². The molecule has 1 unspecified atom stereocenters. The lowest BCUT2D eigenvalue weighted by Crippen LogP contribution is -2.29. The molecule has 6 heteroatoms. The summed E-state index contributed by atoms with van der Waals surface area (Å²) in [5.74, 6) is 0. The lowest BCUT2D eigenvalue weighted by Gasteiger charge is -2.25. The third-order valence-electron chi connectivity index (χ3n) is 2.86. The second-order valence-corrected chi connectivity index (χ2v) is 5.29. The topological polar surface area (TPSA) is 50.5 Å². The summed E-state index contributed by atoms with van der Waals surface area (Å²) in [7, 11) is 5.60. The summed E-state index contributed by atoms with van der Waals surface area (Å²) in [4.78, 5) is 2.06. The SMILES string of the molecule is COCCC(C)(O)c1c(Cl)cnn1CCN(C)C. The van der Waals surface area contributed by atoms with E-state index in [2.05, 4.69) is 10.00 Å². The van der Waals surface area contributed by atoms with Gasteiger partial charge in [0.15, 0.2) is 0 Å². The van der Waals surface area contributed by atoms with Crippen LogP contribution in [0.5, 0.6) is 0 Å². The molecule has 0 saturated heterocycles. The molecule has 1 heterocycles. The highest BCUT2D eigenvalue weighted by molar-refractivity contribution is 6.31. The van der Waals surface area contributed by atoms with E-state index in [0.29, 0.717) is 30.3 Å². The van der Waals surface area contributed by atoms with Crippen LogP contribution < -0.4 is 0 Å². The number of likely N-dealkylation sites (N-methyl/N-ethyl adjacent to an activating group) is 1. The van der Waals surface area contributed by atoms with E-state index in [0.717, 1.165) is 6.54 Å². The molecule has 1 atom stereocenters. The number of methoxy groups -OCH3 is 1. The van der Waals surface area contributed by atoms with Crippen LogP contribution in [0.1, 0.15) is 19.0 Å². The number of aliphatic hydroxyl groups is 1. The monoisotopic (exact) mass is 275 g/mol. The summed E-state index contributed by atoms with van der Waals surface area (Å²) in [5, 5.41) is 15.2. The Hall–Kier alpha value is -0.620. The van der Waals surface area contributed by atoms with Crippen molar-refractivity contribution in [3.8, 4) is 0 Å². The van der Waals surface area contributed by atoms with Gasteiger partial charge in [-0.05, 0) is 21.0 Å². The van der Waals surface area contributed by atoms with Crippen molar-refractivity contribution in [2.75, 3.05) is 34.4 Å². The van der Waals surface area contributed by atoms with Gasteiger partial charge >= 0.3 is 0 Å². The lowest BCUT2D eigenvalue weighted by atomic mass is 9.98. The molecule has 0 aliphatic rings. The third kappa shape index (κ3) is 3.95. The van der Waals surface area contributed by atoms with Crippen LogP contribution in [0.25, 0.3) is 0 Å². The van der Waals surface area contributed by atoms with Gasteiger partial charge in [0.25, 0.3) is 0 Å². The van der Waals surface area contributed by atoms with E-state index in [1.807, 2.05) is 14.1 Å². The van der Waals surface area contributed by atoms with E-state index in [1.165, 1.54) is 0 Å². The van der Waals surface area contributed by atoms with Gasteiger partial charge in [-0.25, -0.2) is 0 Å². The molecule has 0 radical (unpaired) electrons. The molecule has 0 fully saturated rings. The Morgan fingerprint density at radius 3 is 2.78 bits per heavy atom. The van der Waals surface area contributed by atoms with E-state index in [9.17, 15) is 5.11 Å². The normalized spacial score (nSPS) is 15.1. The number of nitrogens with zero attached hydrogens (tertiary/aromatic N) is 3. The van der Waals surface area contributed by atoms with Gasteiger partial charge < -0.3 is 14.7 Å². The quantitative estimate of drug-likeness (QED) is 0.816. The molecule has 1 aromatic heterocycles. The van der Waals surface area contributed by atoms with Crippen LogP contribution in [0, 0.1) is 0 Å². The lowest BCUT2D eigenvalue weighted by molar-refractivity contribution is 0.0132. The Labute approximate surface area is 113 Å². The van der Waals surface area contributed by atoms with Crippen molar-refractivity contribution in [2.24, 2.45) is 0 Å². The molecule has 18 heavy (non-hydrogen) atoms. The predicted molar refractivity (Wildman–Crippen MR) is 71.9 cm³/mol. The Balaban J connectivity index is 2.88. The molecule has 0 aliphatic carbocycles. The minimum Gasteiger partial charge on any atom is -0.385 e.